The number of phenolic OH excluding ortho intramolecular Hbond substituents is 1. The zero-order chi connectivity index (χ0) is 12.8. The number of hydrogen-bond acceptors (Lipinski definition) is 3. The van der Waals surface area contributed by atoms with Crippen LogP contribution < -0.4 is 5.32 Å². The Hall–Kier alpha value is -1.62. The Morgan fingerprint density at radius 1 is 1.47 bits per heavy atom. The largest absolute Gasteiger partial charge is 0.507 e. The Balaban J connectivity index is 2.49. The lowest BCUT2D eigenvalue weighted by Gasteiger charge is -2.10. The number of rotatable bonds is 5. The van der Waals surface area contributed by atoms with Gasteiger partial charge in [0.15, 0.2) is 0 Å². The van der Waals surface area contributed by atoms with Gasteiger partial charge in [-0.2, -0.15) is 0 Å². The summed E-state index contributed by atoms with van der Waals surface area (Å²) in [6, 6.07) is 3.30. The molecule has 0 aliphatic carbocycles. The van der Waals surface area contributed by atoms with Crippen LogP contribution in [-0.4, -0.2) is 43.1 Å². The normalized spacial score (nSPS) is 10.6. The fraction of sp³-hybridized carbons (Fsp3) is 0.417. The van der Waals surface area contributed by atoms with Crippen LogP contribution in [0.1, 0.15) is 16.8 Å². The highest BCUT2D eigenvalue weighted by Crippen LogP contribution is 2.17. The first-order valence-corrected chi connectivity index (χ1v) is 5.42. The third-order valence-corrected chi connectivity index (χ3v) is 2.27. The van der Waals surface area contributed by atoms with E-state index in [1.165, 1.54) is 6.07 Å². The van der Waals surface area contributed by atoms with Gasteiger partial charge in [-0.3, -0.25) is 4.79 Å². The third-order valence-electron chi connectivity index (χ3n) is 2.27. The number of halogens is 1. The maximum atomic E-state index is 12.9. The van der Waals surface area contributed by atoms with Crippen LogP contribution in [0, 0.1) is 5.82 Å². The Morgan fingerprint density at radius 3 is 2.82 bits per heavy atom. The van der Waals surface area contributed by atoms with Crippen molar-refractivity contribution in [2.24, 2.45) is 0 Å². The number of nitrogens with one attached hydrogen (secondary N) is 1. The van der Waals surface area contributed by atoms with E-state index in [2.05, 4.69) is 5.32 Å². The summed E-state index contributed by atoms with van der Waals surface area (Å²) in [7, 11) is 3.89. The van der Waals surface area contributed by atoms with E-state index in [-0.39, 0.29) is 11.3 Å². The standard InChI is InChI=1S/C12H17FN2O2/c1-15(2)7-3-6-14-12(17)10-8-9(13)4-5-11(10)16/h4-5,8,16H,3,6-7H2,1-2H3,(H,14,17). The molecule has 0 spiro atoms. The second-order valence-corrected chi connectivity index (χ2v) is 4.07. The molecule has 0 atom stereocenters. The molecule has 94 valence electrons. The molecule has 1 amide bonds. The molecular weight excluding hydrogens is 223 g/mol. The van der Waals surface area contributed by atoms with E-state index in [1.54, 1.807) is 0 Å². The van der Waals surface area contributed by atoms with Crippen molar-refractivity contribution in [1.29, 1.82) is 0 Å². The third kappa shape index (κ3) is 4.40. The summed E-state index contributed by atoms with van der Waals surface area (Å²) < 4.78 is 12.9. The number of carbonyl (C=O) groups is 1. The maximum absolute atomic E-state index is 12.9. The van der Waals surface area contributed by atoms with Crippen LogP contribution in [0.25, 0.3) is 0 Å². The van der Waals surface area contributed by atoms with Crippen LogP contribution in [0.15, 0.2) is 18.2 Å². The molecule has 0 unspecified atom stereocenters. The molecule has 17 heavy (non-hydrogen) atoms. The number of nitrogens with zero attached hydrogens (tertiary/aromatic N) is 1. The fourth-order valence-corrected chi connectivity index (χ4v) is 1.38. The van der Waals surface area contributed by atoms with E-state index >= 15 is 0 Å². The summed E-state index contributed by atoms with van der Waals surface area (Å²) in [6.07, 6.45) is 0.800. The van der Waals surface area contributed by atoms with Gasteiger partial charge in [0.1, 0.15) is 11.6 Å². The van der Waals surface area contributed by atoms with E-state index in [1.807, 2.05) is 19.0 Å². The molecule has 0 saturated heterocycles. The molecule has 0 heterocycles. The number of aromatic hydroxyl groups is 1. The summed E-state index contributed by atoms with van der Waals surface area (Å²) in [6.45, 7) is 1.35. The smallest absolute Gasteiger partial charge is 0.255 e. The molecule has 0 aromatic heterocycles. The predicted molar refractivity (Wildman–Crippen MR) is 63.6 cm³/mol. The number of amides is 1. The zero-order valence-corrected chi connectivity index (χ0v) is 10.0. The highest BCUT2D eigenvalue weighted by atomic mass is 19.1. The van der Waals surface area contributed by atoms with Crippen molar-refractivity contribution in [3.8, 4) is 5.75 Å². The van der Waals surface area contributed by atoms with E-state index < -0.39 is 11.7 Å². The predicted octanol–water partition coefficient (Wildman–Crippen LogP) is 1.21. The van der Waals surface area contributed by atoms with Gasteiger partial charge in [0.05, 0.1) is 5.56 Å². The quantitative estimate of drug-likeness (QED) is 0.761. The summed E-state index contributed by atoms with van der Waals surface area (Å²) >= 11 is 0. The molecule has 0 aliphatic heterocycles. The van der Waals surface area contributed by atoms with Crippen molar-refractivity contribution in [3.05, 3.63) is 29.6 Å². The van der Waals surface area contributed by atoms with Crippen molar-refractivity contribution >= 4 is 5.91 Å². The van der Waals surface area contributed by atoms with E-state index in [9.17, 15) is 14.3 Å². The second-order valence-electron chi connectivity index (χ2n) is 4.07. The average Bonchev–Trinajstić information content (AvgIpc) is 2.27. The topological polar surface area (TPSA) is 52.6 Å². The van der Waals surface area contributed by atoms with Gasteiger partial charge in [-0.05, 0) is 45.3 Å². The van der Waals surface area contributed by atoms with E-state index in [4.69, 9.17) is 0 Å². The minimum Gasteiger partial charge on any atom is -0.507 e. The molecule has 1 aromatic rings. The molecule has 5 heteroatoms. The maximum Gasteiger partial charge on any atom is 0.255 e. The molecule has 2 N–H and O–H groups in total. The first kappa shape index (κ1) is 13.4. The molecule has 0 fully saturated rings. The van der Waals surface area contributed by atoms with Crippen LogP contribution in [0.2, 0.25) is 0 Å². The van der Waals surface area contributed by atoms with Crippen LogP contribution in [0.5, 0.6) is 5.75 Å². The van der Waals surface area contributed by atoms with Crippen molar-refractivity contribution < 1.29 is 14.3 Å². The molecule has 1 aromatic carbocycles. The summed E-state index contributed by atoms with van der Waals surface area (Å²) in [5, 5.41) is 12.0. The number of benzene rings is 1. The lowest BCUT2D eigenvalue weighted by Crippen LogP contribution is -2.27. The molecule has 4 nitrogen and oxygen atoms in total. The summed E-state index contributed by atoms with van der Waals surface area (Å²) in [5.74, 6) is -1.21. The molecule has 0 radical (unpaired) electrons. The average molecular weight is 240 g/mol. The highest BCUT2D eigenvalue weighted by molar-refractivity contribution is 5.96. The molecule has 0 aliphatic rings. The van der Waals surface area contributed by atoms with Gasteiger partial charge in [0.2, 0.25) is 0 Å². The molecule has 0 saturated carbocycles. The van der Waals surface area contributed by atoms with Gasteiger partial charge < -0.3 is 15.3 Å². The number of phenols is 1. The van der Waals surface area contributed by atoms with Crippen LogP contribution in [0.3, 0.4) is 0 Å². The SMILES string of the molecule is CN(C)CCCNC(=O)c1cc(F)ccc1O. The molecule has 0 bridgehead atoms. The minimum absolute atomic E-state index is 0.0325. The van der Waals surface area contributed by atoms with Crippen LogP contribution >= 0.6 is 0 Å². The lowest BCUT2D eigenvalue weighted by molar-refractivity contribution is 0.0949. The first-order chi connectivity index (χ1) is 8.00. The fourth-order valence-electron chi connectivity index (χ4n) is 1.38. The van der Waals surface area contributed by atoms with Gasteiger partial charge in [-0.25, -0.2) is 4.39 Å². The molecular formula is C12H17FN2O2. The van der Waals surface area contributed by atoms with Gasteiger partial charge >= 0.3 is 0 Å². The van der Waals surface area contributed by atoms with Crippen molar-refractivity contribution in [2.45, 2.75) is 6.42 Å². The summed E-state index contributed by atoms with van der Waals surface area (Å²) in [4.78, 5) is 13.6. The van der Waals surface area contributed by atoms with Gasteiger partial charge in [-0.15, -0.1) is 0 Å². The number of hydrogen-bond donors (Lipinski definition) is 2. The van der Waals surface area contributed by atoms with Gasteiger partial charge in [0, 0.05) is 6.54 Å². The van der Waals surface area contributed by atoms with E-state index in [0.29, 0.717) is 6.54 Å². The minimum atomic E-state index is -0.541. The lowest BCUT2D eigenvalue weighted by atomic mass is 10.2. The van der Waals surface area contributed by atoms with Crippen LogP contribution in [0.4, 0.5) is 4.39 Å². The molecule has 1 rings (SSSR count). The Labute approximate surface area is 100 Å². The van der Waals surface area contributed by atoms with Crippen LogP contribution in [-0.2, 0) is 0 Å². The van der Waals surface area contributed by atoms with Crippen molar-refractivity contribution in [1.82, 2.24) is 10.2 Å². The Bertz CT molecular complexity index is 394. The summed E-state index contributed by atoms with van der Waals surface area (Å²) in [5.41, 5.74) is -0.0325. The second kappa shape index (κ2) is 6.20. The Morgan fingerprint density at radius 2 is 2.18 bits per heavy atom. The Kier molecular flexibility index (Phi) is 4.90. The van der Waals surface area contributed by atoms with Gasteiger partial charge in [-0.1, -0.05) is 0 Å². The number of carbonyl (C=O) groups excluding carboxylic acids is 1. The van der Waals surface area contributed by atoms with E-state index in [0.717, 1.165) is 25.1 Å². The first-order valence-electron chi connectivity index (χ1n) is 5.42. The van der Waals surface area contributed by atoms with Gasteiger partial charge in [0.25, 0.3) is 5.91 Å². The monoisotopic (exact) mass is 240 g/mol. The highest BCUT2D eigenvalue weighted by Gasteiger charge is 2.11. The van der Waals surface area contributed by atoms with Crippen molar-refractivity contribution in [3.63, 3.8) is 0 Å². The van der Waals surface area contributed by atoms with Crippen molar-refractivity contribution in [2.75, 3.05) is 27.2 Å². The zero-order valence-electron chi connectivity index (χ0n) is 10.0.